The van der Waals surface area contributed by atoms with Gasteiger partial charge in [0.15, 0.2) is 11.5 Å². The maximum absolute atomic E-state index is 5.89. The molecular weight excluding hydrogens is 226 g/mol. The van der Waals surface area contributed by atoms with Crippen molar-refractivity contribution in [2.24, 2.45) is 11.7 Å². The average molecular weight is 247 g/mol. The molecule has 1 aromatic rings. The lowest BCUT2D eigenvalue weighted by molar-refractivity contribution is 0.280. The third kappa shape index (κ3) is 2.19. The Morgan fingerprint density at radius 3 is 2.61 bits per heavy atom. The van der Waals surface area contributed by atoms with E-state index >= 15 is 0 Å². The lowest BCUT2D eigenvalue weighted by Crippen LogP contribution is -2.19. The average Bonchev–Trinajstić information content (AvgIpc) is 3.30. The Morgan fingerprint density at radius 2 is 2.06 bits per heavy atom. The number of hydrogen-bond donors (Lipinski definition) is 1. The molecule has 0 bridgehead atoms. The summed E-state index contributed by atoms with van der Waals surface area (Å²) in [6.07, 6.45) is 4.99. The van der Waals surface area contributed by atoms with Crippen LogP contribution in [0, 0.1) is 5.92 Å². The smallest absolute Gasteiger partial charge is 0.161 e. The van der Waals surface area contributed by atoms with Crippen molar-refractivity contribution in [3.63, 3.8) is 0 Å². The zero-order valence-corrected chi connectivity index (χ0v) is 10.9. The van der Waals surface area contributed by atoms with Crippen LogP contribution in [-0.2, 0) is 5.41 Å². The molecule has 0 atom stereocenters. The molecule has 3 rings (SSSR count). The van der Waals surface area contributed by atoms with Crippen LogP contribution in [0.25, 0.3) is 0 Å². The van der Waals surface area contributed by atoms with Crippen LogP contribution in [-0.4, -0.2) is 20.3 Å². The normalized spacial score (nSPS) is 20.6. The maximum atomic E-state index is 5.89. The van der Waals surface area contributed by atoms with Crippen LogP contribution in [0.4, 0.5) is 0 Å². The Hall–Kier alpha value is -1.22. The molecule has 2 aliphatic rings. The summed E-state index contributed by atoms with van der Waals surface area (Å²) < 4.78 is 11.3. The Balaban J connectivity index is 1.81. The minimum Gasteiger partial charge on any atom is -0.493 e. The molecule has 18 heavy (non-hydrogen) atoms. The van der Waals surface area contributed by atoms with Gasteiger partial charge in [0.1, 0.15) is 0 Å². The maximum Gasteiger partial charge on any atom is 0.161 e. The van der Waals surface area contributed by atoms with E-state index in [1.54, 1.807) is 7.11 Å². The summed E-state index contributed by atoms with van der Waals surface area (Å²) >= 11 is 0. The van der Waals surface area contributed by atoms with E-state index in [-0.39, 0.29) is 5.41 Å². The number of rotatable bonds is 6. The van der Waals surface area contributed by atoms with Gasteiger partial charge in [0.25, 0.3) is 0 Å². The molecule has 3 heteroatoms. The number of nitrogens with two attached hydrogens (primary N) is 1. The second-order valence-corrected chi connectivity index (χ2v) is 5.60. The number of ether oxygens (including phenoxy) is 2. The fourth-order valence-electron chi connectivity index (χ4n) is 2.37. The molecule has 2 aliphatic carbocycles. The van der Waals surface area contributed by atoms with Crippen molar-refractivity contribution in [1.82, 2.24) is 0 Å². The van der Waals surface area contributed by atoms with Crippen molar-refractivity contribution in [3.8, 4) is 11.5 Å². The zero-order chi connectivity index (χ0) is 12.6. The summed E-state index contributed by atoms with van der Waals surface area (Å²) in [5.74, 6) is 2.46. The molecule has 0 aromatic heterocycles. The van der Waals surface area contributed by atoms with Crippen LogP contribution in [0.15, 0.2) is 18.2 Å². The molecule has 0 unspecified atom stereocenters. The van der Waals surface area contributed by atoms with E-state index in [0.717, 1.165) is 30.6 Å². The predicted octanol–water partition coefficient (Wildman–Crippen LogP) is 2.47. The Morgan fingerprint density at radius 1 is 1.28 bits per heavy atom. The van der Waals surface area contributed by atoms with Gasteiger partial charge in [-0.15, -0.1) is 0 Å². The van der Waals surface area contributed by atoms with Gasteiger partial charge in [0.2, 0.25) is 0 Å². The third-order valence-electron chi connectivity index (χ3n) is 4.19. The van der Waals surface area contributed by atoms with Crippen LogP contribution < -0.4 is 15.2 Å². The molecule has 2 N–H and O–H groups in total. The summed E-state index contributed by atoms with van der Waals surface area (Å²) in [7, 11) is 1.69. The van der Waals surface area contributed by atoms with E-state index in [0.29, 0.717) is 0 Å². The van der Waals surface area contributed by atoms with Crippen molar-refractivity contribution >= 4 is 0 Å². The summed E-state index contributed by atoms with van der Waals surface area (Å²) in [5.41, 5.74) is 7.40. The first-order valence-corrected chi connectivity index (χ1v) is 6.79. The van der Waals surface area contributed by atoms with Crippen molar-refractivity contribution in [2.45, 2.75) is 31.1 Å². The molecule has 1 aromatic carbocycles. The predicted molar refractivity (Wildman–Crippen MR) is 71.2 cm³/mol. The minimum absolute atomic E-state index is 0.212. The van der Waals surface area contributed by atoms with E-state index < -0.39 is 0 Å². The highest BCUT2D eigenvalue weighted by molar-refractivity contribution is 5.47. The van der Waals surface area contributed by atoms with Crippen molar-refractivity contribution in [2.75, 3.05) is 20.3 Å². The van der Waals surface area contributed by atoms with E-state index in [1.807, 2.05) is 6.07 Å². The molecule has 2 fully saturated rings. The van der Waals surface area contributed by atoms with E-state index in [4.69, 9.17) is 15.2 Å². The van der Waals surface area contributed by atoms with E-state index in [9.17, 15) is 0 Å². The van der Waals surface area contributed by atoms with Crippen LogP contribution in [0.3, 0.4) is 0 Å². The molecule has 0 radical (unpaired) electrons. The largest absolute Gasteiger partial charge is 0.493 e. The van der Waals surface area contributed by atoms with Crippen molar-refractivity contribution < 1.29 is 9.47 Å². The fraction of sp³-hybridized carbons (Fsp3) is 0.600. The molecule has 0 aliphatic heterocycles. The summed E-state index contributed by atoms with van der Waals surface area (Å²) in [4.78, 5) is 0. The topological polar surface area (TPSA) is 44.5 Å². The second kappa shape index (κ2) is 4.47. The highest BCUT2D eigenvalue weighted by Gasteiger charge is 2.43. The van der Waals surface area contributed by atoms with Crippen LogP contribution in [0.1, 0.15) is 31.2 Å². The fourth-order valence-corrected chi connectivity index (χ4v) is 2.37. The van der Waals surface area contributed by atoms with Gasteiger partial charge >= 0.3 is 0 Å². The van der Waals surface area contributed by atoms with E-state index in [2.05, 4.69) is 12.1 Å². The molecule has 0 saturated heterocycles. The number of benzene rings is 1. The number of hydrogen-bond acceptors (Lipinski definition) is 3. The Bertz CT molecular complexity index is 436. The Labute approximate surface area is 108 Å². The lowest BCUT2D eigenvalue weighted by atomic mass is 9.96. The van der Waals surface area contributed by atoms with Gasteiger partial charge in [0.05, 0.1) is 13.7 Å². The summed E-state index contributed by atoms with van der Waals surface area (Å²) in [6, 6.07) is 6.26. The lowest BCUT2D eigenvalue weighted by Gasteiger charge is -2.17. The van der Waals surface area contributed by atoms with Gasteiger partial charge in [-0.2, -0.15) is 0 Å². The van der Waals surface area contributed by atoms with E-state index in [1.165, 1.54) is 31.2 Å². The van der Waals surface area contributed by atoms with Gasteiger partial charge in [-0.25, -0.2) is 0 Å². The molecular formula is C15H21NO2. The van der Waals surface area contributed by atoms with Gasteiger partial charge < -0.3 is 15.2 Å². The third-order valence-corrected chi connectivity index (χ3v) is 4.19. The SMILES string of the molecule is COc1ccc(C2(CN)CC2)cc1OCC1CC1. The molecule has 2 saturated carbocycles. The zero-order valence-electron chi connectivity index (χ0n) is 10.9. The minimum atomic E-state index is 0.212. The summed E-state index contributed by atoms with van der Waals surface area (Å²) in [6.45, 7) is 1.54. The van der Waals surface area contributed by atoms with Crippen LogP contribution >= 0.6 is 0 Å². The second-order valence-electron chi connectivity index (χ2n) is 5.60. The molecule has 98 valence electrons. The standard InChI is InChI=1S/C15H21NO2/c1-17-13-5-4-12(15(10-16)6-7-15)8-14(13)18-9-11-2-3-11/h4-5,8,11H,2-3,6-7,9-10,16H2,1H3. The van der Waals surface area contributed by atoms with Crippen LogP contribution in [0.5, 0.6) is 11.5 Å². The van der Waals surface area contributed by atoms with Crippen molar-refractivity contribution in [1.29, 1.82) is 0 Å². The molecule has 0 heterocycles. The quantitative estimate of drug-likeness (QED) is 0.840. The first-order valence-electron chi connectivity index (χ1n) is 6.79. The molecule has 3 nitrogen and oxygen atoms in total. The summed E-state index contributed by atoms with van der Waals surface area (Å²) in [5, 5.41) is 0. The van der Waals surface area contributed by atoms with Gasteiger partial charge in [0, 0.05) is 12.0 Å². The Kier molecular flexibility index (Phi) is 2.94. The first kappa shape index (κ1) is 11.8. The monoisotopic (exact) mass is 247 g/mol. The highest BCUT2D eigenvalue weighted by atomic mass is 16.5. The van der Waals surface area contributed by atoms with Gasteiger partial charge in [-0.05, 0) is 49.3 Å². The highest BCUT2D eigenvalue weighted by Crippen LogP contribution is 2.49. The van der Waals surface area contributed by atoms with Crippen LogP contribution in [0.2, 0.25) is 0 Å². The first-order chi connectivity index (χ1) is 8.77. The van der Waals surface area contributed by atoms with Crippen molar-refractivity contribution in [3.05, 3.63) is 23.8 Å². The number of methoxy groups -OCH3 is 1. The van der Waals surface area contributed by atoms with Gasteiger partial charge in [-0.1, -0.05) is 6.07 Å². The van der Waals surface area contributed by atoms with Gasteiger partial charge in [-0.3, -0.25) is 0 Å². The molecule has 0 amide bonds. The molecule has 0 spiro atoms.